The van der Waals surface area contributed by atoms with Gasteiger partial charge in [-0.05, 0) is 63.6 Å². The molecule has 0 saturated heterocycles. The molecule has 0 spiro atoms. The summed E-state index contributed by atoms with van der Waals surface area (Å²) in [6, 6.07) is 6.88. The highest BCUT2D eigenvalue weighted by Gasteiger charge is 2.29. The monoisotopic (exact) mass is 554 g/mol. The van der Waals surface area contributed by atoms with Gasteiger partial charge in [0.05, 0.1) is 36.1 Å². The molecule has 0 bridgehead atoms. The molecule has 2 N–H and O–H groups in total. The second-order valence-electron chi connectivity index (χ2n) is 11.1. The number of amides is 1. The Balaban J connectivity index is 1.14. The van der Waals surface area contributed by atoms with Crippen molar-refractivity contribution in [1.29, 1.82) is 0 Å². The first-order valence-corrected chi connectivity index (χ1v) is 15.7. The molecule has 39 heavy (non-hydrogen) atoms. The Morgan fingerprint density at radius 2 is 1.90 bits per heavy atom. The molecular weight excluding hydrogens is 512 g/mol. The largest absolute Gasteiger partial charge is 0.506 e. The lowest BCUT2D eigenvalue weighted by Gasteiger charge is -2.30. The molecule has 2 saturated carbocycles. The van der Waals surface area contributed by atoms with Crippen molar-refractivity contribution in [3.63, 3.8) is 0 Å². The van der Waals surface area contributed by atoms with Crippen molar-refractivity contribution in [2.75, 3.05) is 26.2 Å². The second kappa shape index (κ2) is 13.8. The maximum Gasteiger partial charge on any atom is 0.264 e. The van der Waals surface area contributed by atoms with E-state index in [1.807, 2.05) is 6.07 Å². The third-order valence-electron chi connectivity index (χ3n) is 8.18. The predicted molar refractivity (Wildman–Crippen MR) is 154 cm³/mol. The van der Waals surface area contributed by atoms with E-state index in [2.05, 4.69) is 5.32 Å². The van der Waals surface area contributed by atoms with Gasteiger partial charge in [-0.15, -0.1) is 0 Å². The minimum Gasteiger partial charge on any atom is -0.506 e. The Kier molecular flexibility index (Phi) is 9.98. The van der Waals surface area contributed by atoms with Crippen LogP contribution in [0.5, 0.6) is 5.75 Å². The van der Waals surface area contributed by atoms with Crippen LogP contribution in [-0.2, 0) is 22.5 Å². The number of benzene rings is 1. The van der Waals surface area contributed by atoms with Crippen LogP contribution >= 0.6 is 11.8 Å². The topological polar surface area (TPSA) is 96.7 Å². The molecule has 2 aromatic rings. The van der Waals surface area contributed by atoms with Gasteiger partial charge < -0.3 is 20.1 Å². The Labute approximate surface area is 235 Å². The lowest BCUT2D eigenvalue weighted by Crippen LogP contribution is -2.44. The number of phenols is 1. The number of ether oxygens (including phenoxy) is 1. The number of unbranched alkanes of at least 4 members (excludes halogenated alkanes) is 2. The molecule has 2 heterocycles. The van der Waals surface area contributed by atoms with Gasteiger partial charge in [-0.3, -0.25) is 14.2 Å². The molecule has 1 aromatic carbocycles. The molecule has 9 heteroatoms. The number of aromatic hydroxyl groups is 1. The first-order chi connectivity index (χ1) is 19.1. The number of rotatable bonds is 12. The summed E-state index contributed by atoms with van der Waals surface area (Å²) in [7, 11) is 0. The fraction of sp³-hybridized carbons (Fsp3) is 0.633. The van der Waals surface area contributed by atoms with Gasteiger partial charge in [0, 0.05) is 24.8 Å². The van der Waals surface area contributed by atoms with Gasteiger partial charge >= 0.3 is 0 Å². The van der Waals surface area contributed by atoms with Gasteiger partial charge in [0.15, 0.2) is 5.16 Å². The molecule has 5 rings (SSSR count). The van der Waals surface area contributed by atoms with Crippen LogP contribution in [-0.4, -0.2) is 63.1 Å². The van der Waals surface area contributed by atoms with Crippen molar-refractivity contribution in [3.8, 4) is 11.4 Å². The lowest BCUT2D eigenvalue weighted by atomic mass is 9.98. The zero-order valence-electron chi connectivity index (χ0n) is 22.9. The summed E-state index contributed by atoms with van der Waals surface area (Å²) in [6.45, 7) is 2.71. The number of nitrogens with zero attached hydrogens (tertiary/aromatic N) is 3. The van der Waals surface area contributed by atoms with E-state index < -0.39 is 0 Å². The molecule has 212 valence electrons. The van der Waals surface area contributed by atoms with Crippen LogP contribution in [0.4, 0.5) is 0 Å². The minimum atomic E-state index is -0.191. The van der Waals surface area contributed by atoms with Crippen LogP contribution in [0.3, 0.4) is 0 Å². The number of nitrogens with one attached hydrogen (secondary N) is 1. The molecule has 0 atom stereocenters. The average molecular weight is 555 g/mol. The normalized spacial score (nSPS) is 18.1. The number of hydrogen-bond acceptors (Lipinski definition) is 7. The van der Waals surface area contributed by atoms with Gasteiger partial charge in [-0.1, -0.05) is 49.6 Å². The first-order valence-electron chi connectivity index (χ1n) is 14.8. The van der Waals surface area contributed by atoms with Crippen molar-refractivity contribution in [2.45, 2.75) is 100 Å². The molecule has 1 aliphatic heterocycles. The standard InChI is InChI=1S/C30H42N4O4S/c35-27-15-6-5-14-26(27)34-29(37)24-21-33(18-16-25(24)32-30(34)39-23-12-9-13-23)28(36)20-31-17-7-2-8-19-38-22-10-3-1-4-11-22/h5-6,14-15,22-23,31,35H,1-4,7-13,16-21H2. The Bertz CT molecular complexity index is 1180. The lowest BCUT2D eigenvalue weighted by molar-refractivity contribution is -0.131. The number of carbonyl (C=O) groups is 1. The molecular formula is C30H42N4O4S. The van der Waals surface area contributed by atoms with Crippen LogP contribution in [0, 0.1) is 0 Å². The third kappa shape index (κ3) is 7.24. The number of phenolic OH excluding ortho intramolecular Hbond substituents is 1. The number of aromatic nitrogens is 2. The summed E-state index contributed by atoms with van der Waals surface area (Å²) in [6.07, 6.45) is 14.0. The number of para-hydroxylation sites is 2. The molecule has 2 aliphatic carbocycles. The van der Waals surface area contributed by atoms with Crippen LogP contribution in [0.15, 0.2) is 34.2 Å². The maximum absolute atomic E-state index is 13.8. The highest BCUT2D eigenvalue weighted by atomic mass is 32.2. The van der Waals surface area contributed by atoms with Crippen molar-refractivity contribution in [2.24, 2.45) is 0 Å². The summed E-state index contributed by atoms with van der Waals surface area (Å²) < 4.78 is 7.54. The van der Waals surface area contributed by atoms with Crippen LogP contribution in [0.1, 0.15) is 81.9 Å². The van der Waals surface area contributed by atoms with Crippen molar-refractivity contribution in [3.05, 3.63) is 45.9 Å². The van der Waals surface area contributed by atoms with Gasteiger partial charge in [0.25, 0.3) is 5.56 Å². The van der Waals surface area contributed by atoms with E-state index >= 15 is 0 Å². The fourth-order valence-corrected chi connectivity index (χ4v) is 6.88. The van der Waals surface area contributed by atoms with E-state index in [4.69, 9.17) is 9.72 Å². The van der Waals surface area contributed by atoms with Crippen molar-refractivity contribution >= 4 is 17.7 Å². The van der Waals surface area contributed by atoms with E-state index in [0.29, 0.717) is 40.7 Å². The first kappa shape index (κ1) is 28.2. The molecule has 0 radical (unpaired) electrons. The number of fused-ring (bicyclic) bond motifs is 1. The molecule has 1 amide bonds. The van der Waals surface area contributed by atoms with E-state index in [1.54, 1.807) is 39.4 Å². The summed E-state index contributed by atoms with van der Waals surface area (Å²) in [5, 5.41) is 14.9. The van der Waals surface area contributed by atoms with Crippen molar-refractivity contribution < 1.29 is 14.6 Å². The Morgan fingerprint density at radius 1 is 1.08 bits per heavy atom. The van der Waals surface area contributed by atoms with Crippen LogP contribution in [0.25, 0.3) is 5.69 Å². The summed E-state index contributed by atoms with van der Waals surface area (Å²) in [4.78, 5) is 33.4. The Morgan fingerprint density at radius 3 is 2.67 bits per heavy atom. The van der Waals surface area contributed by atoms with E-state index in [-0.39, 0.29) is 30.3 Å². The number of hydrogen-bond donors (Lipinski definition) is 2. The number of thioether (sulfide) groups is 1. The summed E-state index contributed by atoms with van der Waals surface area (Å²) >= 11 is 1.62. The fourth-order valence-electron chi connectivity index (χ4n) is 5.57. The van der Waals surface area contributed by atoms with Crippen LogP contribution < -0.4 is 10.9 Å². The quantitative estimate of drug-likeness (QED) is 0.293. The molecule has 1 aromatic heterocycles. The van der Waals surface area contributed by atoms with Gasteiger partial charge in [0.2, 0.25) is 5.91 Å². The van der Waals surface area contributed by atoms with E-state index in [1.165, 1.54) is 38.5 Å². The SMILES string of the molecule is O=C(CNCCCCCOC1CCCCC1)N1CCc2nc(SC3CCC3)n(-c3ccccc3O)c(=O)c2C1. The zero-order valence-corrected chi connectivity index (χ0v) is 23.7. The molecule has 8 nitrogen and oxygen atoms in total. The average Bonchev–Trinajstić information content (AvgIpc) is 2.93. The molecule has 3 aliphatic rings. The molecule has 0 unspecified atom stereocenters. The highest BCUT2D eigenvalue weighted by molar-refractivity contribution is 7.99. The van der Waals surface area contributed by atoms with Gasteiger partial charge in [-0.2, -0.15) is 0 Å². The predicted octanol–water partition coefficient (Wildman–Crippen LogP) is 4.58. The maximum atomic E-state index is 13.8. The van der Waals surface area contributed by atoms with E-state index in [9.17, 15) is 14.7 Å². The smallest absolute Gasteiger partial charge is 0.264 e. The summed E-state index contributed by atoms with van der Waals surface area (Å²) in [5.74, 6) is 0.0491. The second-order valence-corrected chi connectivity index (χ2v) is 12.3. The van der Waals surface area contributed by atoms with Crippen molar-refractivity contribution in [1.82, 2.24) is 19.8 Å². The third-order valence-corrected chi connectivity index (χ3v) is 9.47. The van der Waals surface area contributed by atoms with Gasteiger partial charge in [0.1, 0.15) is 5.75 Å². The summed E-state index contributed by atoms with van der Waals surface area (Å²) in [5.41, 5.74) is 1.58. The Hall–Kier alpha value is -2.36. The van der Waals surface area contributed by atoms with Gasteiger partial charge in [-0.25, -0.2) is 4.98 Å². The number of carbonyl (C=O) groups excluding carboxylic acids is 1. The molecule has 2 fully saturated rings. The zero-order chi connectivity index (χ0) is 27.0. The highest BCUT2D eigenvalue weighted by Crippen LogP contribution is 2.37. The minimum absolute atomic E-state index is 0.00251. The van der Waals surface area contributed by atoms with Crippen LogP contribution in [0.2, 0.25) is 0 Å². The van der Waals surface area contributed by atoms with E-state index in [0.717, 1.165) is 50.9 Å².